The van der Waals surface area contributed by atoms with Crippen molar-refractivity contribution in [2.45, 2.75) is 20.8 Å². The van der Waals surface area contributed by atoms with Gasteiger partial charge in [0.05, 0.1) is 28.7 Å². The smallest absolute Gasteiger partial charge is 0.265 e. The van der Waals surface area contributed by atoms with Gasteiger partial charge in [-0.15, -0.1) is 11.3 Å². The summed E-state index contributed by atoms with van der Waals surface area (Å²) >= 11 is 1.62. The van der Waals surface area contributed by atoms with Crippen molar-refractivity contribution in [1.29, 1.82) is 0 Å². The standard InChI is InChI=1S/C23H23N3O4S/c1-4-29-19-8-6-5-7-17(19)25-21(27)12-26-18-11-16(23-14(2)31-15(3)24-23)9-10-20(18)30-13-22(26)28/h5-11H,4,12-13H2,1-3H3,(H,25,27). The predicted molar refractivity (Wildman–Crippen MR) is 121 cm³/mol. The zero-order valence-electron chi connectivity index (χ0n) is 17.6. The summed E-state index contributed by atoms with van der Waals surface area (Å²) in [6, 6.07) is 12.8. The van der Waals surface area contributed by atoms with E-state index >= 15 is 0 Å². The highest BCUT2D eigenvalue weighted by molar-refractivity contribution is 7.11. The predicted octanol–water partition coefficient (Wildman–Crippen LogP) is 4.19. The first-order valence-corrected chi connectivity index (χ1v) is 10.8. The minimum absolute atomic E-state index is 0.107. The molecule has 8 heteroatoms. The lowest BCUT2D eigenvalue weighted by Crippen LogP contribution is -2.43. The van der Waals surface area contributed by atoms with Gasteiger partial charge >= 0.3 is 0 Å². The first-order valence-electron chi connectivity index (χ1n) is 9.99. The van der Waals surface area contributed by atoms with E-state index in [9.17, 15) is 9.59 Å². The summed E-state index contributed by atoms with van der Waals surface area (Å²) in [6.07, 6.45) is 0. The molecule has 4 rings (SSSR count). The van der Waals surface area contributed by atoms with Crippen molar-refractivity contribution in [3.05, 3.63) is 52.3 Å². The monoisotopic (exact) mass is 437 g/mol. The van der Waals surface area contributed by atoms with E-state index in [4.69, 9.17) is 9.47 Å². The molecule has 0 saturated heterocycles. The van der Waals surface area contributed by atoms with Crippen LogP contribution in [-0.2, 0) is 9.59 Å². The minimum atomic E-state index is -0.320. The minimum Gasteiger partial charge on any atom is -0.492 e. The van der Waals surface area contributed by atoms with Gasteiger partial charge in [-0.05, 0) is 51.1 Å². The van der Waals surface area contributed by atoms with Gasteiger partial charge in [-0.2, -0.15) is 0 Å². The highest BCUT2D eigenvalue weighted by atomic mass is 32.1. The number of rotatable bonds is 6. The van der Waals surface area contributed by atoms with Crippen LogP contribution in [0.4, 0.5) is 11.4 Å². The number of carbonyl (C=O) groups is 2. The summed E-state index contributed by atoms with van der Waals surface area (Å²) in [5.41, 5.74) is 2.88. The van der Waals surface area contributed by atoms with Crippen LogP contribution in [0.25, 0.3) is 11.3 Å². The Labute approximate surface area is 184 Å². The maximum absolute atomic E-state index is 12.8. The number of benzene rings is 2. The van der Waals surface area contributed by atoms with Gasteiger partial charge in [-0.1, -0.05) is 12.1 Å². The normalized spacial score (nSPS) is 12.9. The fourth-order valence-electron chi connectivity index (χ4n) is 3.50. The van der Waals surface area contributed by atoms with Crippen LogP contribution in [0.5, 0.6) is 11.5 Å². The average molecular weight is 438 g/mol. The Kier molecular flexibility index (Phi) is 5.90. The Bertz CT molecular complexity index is 1140. The van der Waals surface area contributed by atoms with Crippen molar-refractivity contribution < 1.29 is 19.1 Å². The number of nitrogens with zero attached hydrogens (tertiary/aromatic N) is 2. The molecule has 0 aliphatic carbocycles. The number of nitrogens with one attached hydrogen (secondary N) is 1. The Morgan fingerprint density at radius 3 is 2.81 bits per heavy atom. The third-order valence-electron chi connectivity index (χ3n) is 4.84. The van der Waals surface area contributed by atoms with Gasteiger partial charge in [-0.3, -0.25) is 14.5 Å². The van der Waals surface area contributed by atoms with Gasteiger partial charge in [0, 0.05) is 10.4 Å². The molecule has 31 heavy (non-hydrogen) atoms. The van der Waals surface area contributed by atoms with Crippen molar-refractivity contribution in [1.82, 2.24) is 4.98 Å². The lowest BCUT2D eigenvalue weighted by atomic mass is 10.1. The van der Waals surface area contributed by atoms with Crippen LogP contribution in [-0.4, -0.2) is 36.6 Å². The third kappa shape index (κ3) is 4.39. The number of para-hydroxylation sites is 2. The van der Waals surface area contributed by atoms with Gasteiger partial charge in [0.25, 0.3) is 5.91 Å². The molecule has 0 spiro atoms. The van der Waals surface area contributed by atoms with E-state index in [2.05, 4.69) is 10.3 Å². The molecule has 1 N–H and O–H groups in total. The number of fused-ring (bicyclic) bond motifs is 1. The zero-order chi connectivity index (χ0) is 22.0. The second-order valence-corrected chi connectivity index (χ2v) is 8.47. The van der Waals surface area contributed by atoms with E-state index in [1.807, 2.05) is 51.1 Å². The van der Waals surface area contributed by atoms with E-state index in [1.54, 1.807) is 23.5 Å². The van der Waals surface area contributed by atoms with Crippen molar-refractivity contribution in [3.63, 3.8) is 0 Å². The van der Waals surface area contributed by atoms with Crippen LogP contribution in [0.2, 0.25) is 0 Å². The number of amides is 2. The summed E-state index contributed by atoms with van der Waals surface area (Å²) in [5, 5.41) is 3.82. The molecular formula is C23H23N3O4S. The lowest BCUT2D eigenvalue weighted by molar-refractivity contribution is -0.123. The number of aryl methyl sites for hydroxylation is 2. The van der Waals surface area contributed by atoms with E-state index in [0.717, 1.165) is 21.1 Å². The molecule has 1 aromatic heterocycles. The summed E-state index contributed by atoms with van der Waals surface area (Å²) in [5.74, 6) is 0.558. The number of hydrogen-bond acceptors (Lipinski definition) is 6. The largest absolute Gasteiger partial charge is 0.492 e. The number of ether oxygens (including phenoxy) is 2. The van der Waals surface area contributed by atoms with Crippen LogP contribution in [0.15, 0.2) is 42.5 Å². The van der Waals surface area contributed by atoms with Crippen molar-refractivity contribution in [2.24, 2.45) is 0 Å². The molecule has 2 aromatic carbocycles. The van der Waals surface area contributed by atoms with E-state index in [1.165, 1.54) is 4.90 Å². The quantitative estimate of drug-likeness (QED) is 0.625. The Morgan fingerprint density at radius 1 is 1.26 bits per heavy atom. The molecule has 7 nitrogen and oxygen atoms in total. The lowest BCUT2D eigenvalue weighted by Gasteiger charge is -2.29. The van der Waals surface area contributed by atoms with Gasteiger partial charge < -0.3 is 14.8 Å². The Hall–Kier alpha value is -3.39. The molecule has 0 saturated carbocycles. The van der Waals surface area contributed by atoms with E-state index < -0.39 is 0 Å². The second kappa shape index (κ2) is 8.77. The van der Waals surface area contributed by atoms with Crippen molar-refractivity contribution in [2.75, 3.05) is 30.0 Å². The molecule has 160 valence electrons. The molecule has 0 bridgehead atoms. The molecule has 0 radical (unpaired) electrons. The maximum Gasteiger partial charge on any atom is 0.265 e. The average Bonchev–Trinajstić information content (AvgIpc) is 3.09. The van der Waals surface area contributed by atoms with Crippen molar-refractivity contribution >= 4 is 34.5 Å². The number of anilines is 2. The van der Waals surface area contributed by atoms with E-state index in [-0.39, 0.29) is 25.0 Å². The number of thiazole rings is 1. The van der Waals surface area contributed by atoms with Crippen LogP contribution in [0.3, 0.4) is 0 Å². The van der Waals surface area contributed by atoms with Crippen LogP contribution in [0, 0.1) is 13.8 Å². The fraction of sp³-hybridized carbons (Fsp3) is 0.261. The number of aromatic nitrogens is 1. The maximum atomic E-state index is 12.8. The highest BCUT2D eigenvalue weighted by Gasteiger charge is 2.28. The molecule has 0 unspecified atom stereocenters. The molecule has 2 amide bonds. The van der Waals surface area contributed by atoms with Crippen LogP contribution in [0.1, 0.15) is 16.8 Å². The summed E-state index contributed by atoms with van der Waals surface area (Å²) in [4.78, 5) is 32.6. The molecule has 0 fully saturated rings. The summed E-state index contributed by atoms with van der Waals surface area (Å²) < 4.78 is 11.1. The van der Waals surface area contributed by atoms with Gasteiger partial charge in [0.15, 0.2) is 6.61 Å². The SMILES string of the molecule is CCOc1ccccc1NC(=O)CN1C(=O)COc2ccc(-c3nc(C)sc3C)cc21. The second-order valence-electron chi connectivity index (χ2n) is 7.07. The van der Waals surface area contributed by atoms with Crippen LogP contribution >= 0.6 is 11.3 Å². The molecule has 1 aliphatic rings. The molecular weight excluding hydrogens is 414 g/mol. The fourth-order valence-corrected chi connectivity index (χ4v) is 4.34. The first-order chi connectivity index (χ1) is 15.0. The molecule has 1 aliphatic heterocycles. The first kappa shape index (κ1) is 20.9. The van der Waals surface area contributed by atoms with Crippen LogP contribution < -0.4 is 19.7 Å². The zero-order valence-corrected chi connectivity index (χ0v) is 18.4. The van der Waals surface area contributed by atoms with Gasteiger partial charge in [-0.25, -0.2) is 4.98 Å². The van der Waals surface area contributed by atoms with Gasteiger partial charge in [0.2, 0.25) is 5.91 Å². The Balaban J connectivity index is 1.60. The number of hydrogen-bond donors (Lipinski definition) is 1. The third-order valence-corrected chi connectivity index (χ3v) is 5.73. The Morgan fingerprint density at radius 2 is 2.06 bits per heavy atom. The molecule has 3 aromatic rings. The van der Waals surface area contributed by atoms with E-state index in [0.29, 0.717) is 29.5 Å². The molecule has 0 atom stereocenters. The van der Waals surface area contributed by atoms with Gasteiger partial charge in [0.1, 0.15) is 18.0 Å². The number of carbonyl (C=O) groups excluding carboxylic acids is 2. The highest BCUT2D eigenvalue weighted by Crippen LogP contribution is 2.37. The topological polar surface area (TPSA) is 80.8 Å². The molecule has 2 heterocycles. The van der Waals surface area contributed by atoms with Crippen molar-refractivity contribution in [3.8, 4) is 22.8 Å². The summed E-state index contributed by atoms with van der Waals surface area (Å²) in [7, 11) is 0. The summed E-state index contributed by atoms with van der Waals surface area (Å²) in [6.45, 7) is 6.11.